The van der Waals surface area contributed by atoms with Crippen LogP contribution in [-0.4, -0.2) is 4.92 Å². The summed E-state index contributed by atoms with van der Waals surface area (Å²) in [4.78, 5) is 10.5. The summed E-state index contributed by atoms with van der Waals surface area (Å²) in [7, 11) is 0. The van der Waals surface area contributed by atoms with Gasteiger partial charge in [0.15, 0.2) is 0 Å². The molecule has 0 saturated carbocycles. The summed E-state index contributed by atoms with van der Waals surface area (Å²) in [5, 5.41) is 14.1. The van der Waals surface area contributed by atoms with Crippen molar-refractivity contribution in [3.8, 4) is 5.75 Å². The first-order chi connectivity index (χ1) is 13.4. The largest absolute Gasteiger partial charge is 0.487 e. The van der Waals surface area contributed by atoms with Gasteiger partial charge < -0.3 is 10.1 Å². The summed E-state index contributed by atoms with van der Waals surface area (Å²) < 4.78 is 7.64. The van der Waals surface area contributed by atoms with Gasteiger partial charge in [0.05, 0.1) is 13.9 Å². The van der Waals surface area contributed by atoms with Crippen molar-refractivity contribution in [2.24, 2.45) is 0 Å². The van der Waals surface area contributed by atoms with Gasteiger partial charge in [-0.2, -0.15) is 0 Å². The lowest BCUT2D eigenvalue weighted by atomic mass is 10.1. The Labute approximate surface area is 180 Å². The van der Waals surface area contributed by atoms with Crippen molar-refractivity contribution in [3.63, 3.8) is 0 Å². The van der Waals surface area contributed by atoms with Gasteiger partial charge in [-0.3, -0.25) is 10.1 Å². The third kappa shape index (κ3) is 5.33. The van der Waals surface area contributed by atoms with E-state index >= 15 is 0 Å². The quantitative estimate of drug-likeness (QED) is 0.289. The van der Waals surface area contributed by atoms with Crippen LogP contribution in [0, 0.1) is 17.0 Å². The molecule has 0 fully saturated rings. The van der Waals surface area contributed by atoms with Crippen molar-refractivity contribution in [2.45, 2.75) is 20.1 Å². The maximum atomic E-state index is 10.9. The van der Waals surface area contributed by atoms with E-state index in [1.165, 1.54) is 17.7 Å². The molecule has 0 aliphatic rings. The molecule has 0 bridgehead atoms. The second-order valence-electron chi connectivity index (χ2n) is 6.32. The lowest BCUT2D eigenvalue weighted by molar-refractivity contribution is -0.384. The third-order valence-electron chi connectivity index (χ3n) is 4.12. The molecule has 3 aromatic carbocycles. The number of non-ortho nitro benzene ring substituents is 1. The van der Waals surface area contributed by atoms with Crippen molar-refractivity contribution in [1.29, 1.82) is 0 Å². The van der Waals surface area contributed by atoms with Crippen LogP contribution in [0.4, 0.5) is 11.4 Å². The molecule has 144 valence electrons. The Hall–Kier alpha value is -2.38. The van der Waals surface area contributed by atoms with Crippen molar-refractivity contribution >= 4 is 43.2 Å². The first-order valence-corrected chi connectivity index (χ1v) is 10.2. The zero-order valence-electron chi connectivity index (χ0n) is 15.1. The summed E-state index contributed by atoms with van der Waals surface area (Å²) in [5.74, 6) is 0.736. The van der Waals surface area contributed by atoms with Gasteiger partial charge in [0.1, 0.15) is 12.4 Å². The highest BCUT2D eigenvalue weighted by atomic mass is 79.9. The Balaban J connectivity index is 1.66. The average Bonchev–Trinajstić information content (AvgIpc) is 2.67. The normalized spacial score (nSPS) is 10.5. The zero-order chi connectivity index (χ0) is 20.1. The Morgan fingerprint density at radius 1 is 1.00 bits per heavy atom. The zero-order valence-corrected chi connectivity index (χ0v) is 18.3. The van der Waals surface area contributed by atoms with Crippen LogP contribution in [0.15, 0.2) is 69.6 Å². The van der Waals surface area contributed by atoms with Crippen LogP contribution in [0.5, 0.6) is 5.75 Å². The molecule has 3 aromatic rings. The number of nitro groups is 1. The molecule has 0 saturated heterocycles. The lowest BCUT2D eigenvalue weighted by Gasteiger charge is -2.13. The molecule has 1 N–H and O–H groups in total. The summed E-state index contributed by atoms with van der Waals surface area (Å²) in [6, 6.07) is 18.6. The van der Waals surface area contributed by atoms with E-state index in [0.29, 0.717) is 18.8 Å². The number of benzene rings is 3. The van der Waals surface area contributed by atoms with E-state index < -0.39 is 4.92 Å². The number of halogens is 2. The minimum Gasteiger partial charge on any atom is -0.487 e. The van der Waals surface area contributed by atoms with E-state index in [4.69, 9.17) is 4.74 Å². The topological polar surface area (TPSA) is 64.4 Å². The number of anilines is 1. The molecule has 5 nitrogen and oxygen atoms in total. The molecule has 7 heteroatoms. The van der Waals surface area contributed by atoms with E-state index in [-0.39, 0.29) is 5.69 Å². The first kappa shape index (κ1) is 20.4. The van der Waals surface area contributed by atoms with Gasteiger partial charge in [0.25, 0.3) is 5.69 Å². The number of hydrogen-bond acceptors (Lipinski definition) is 4. The summed E-state index contributed by atoms with van der Waals surface area (Å²) in [5.41, 5.74) is 4.08. The molecule has 0 radical (unpaired) electrons. The number of nitrogens with one attached hydrogen (secondary N) is 1. The monoisotopic (exact) mass is 504 g/mol. The Kier molecular flexibility index (Phi) is 6.70. The fraction of sp³-hybridized carbons (Fsp3) is 0.143. The van der Waals surface area contributed by atoms with E-state index in [2.05, 4.69) is 68.4 Å². The molecule has 0 unspecified atom stereocenters. The van der Waals surface area contributed by atoms with Crippen LogP contribution >= 0.6 is 31.9 Å². The number of ether oxygens (including phenoxy) is 1. The van der Waals surface area contributed by atoms with Crippen molar-refractivity contribution < 1.29 is 9.66 Å². The average molecular weight is 506 g/mol. The van der Waals surface area contributed by atoms with Crippen LogP contribution < -0.4 is 10.1 Å². The Morgan fingerprint density at radius 3 is 2.32 bits per heavy atom. The first-order valence-electron chi connectivity index (χ1n) is 8.57. The fourth-order valence-electron chi connectivity index (χ4n) is 2.63. The molecule has 28 heavy (non-hydrogen) atoms. The highest BCUT2D eigenvalue weighted by Gasteiger charge is 2.10. The number of aryl methyl sites for hydroxylation is 1. The Morgan fingerprint density at radius 2 is 1.68 bits per heavy atom. The Bertz CT molecular complexity index is 968. The number of nitrogens with zero attached hydrogens (tertiary/aromatic N) is 1. The van der Waals surface area contributed by atoms with E-state index in [0.717, 1.165) is 25.8 Å². The predicted octanol–water partition coefficient (Wildman–Crippen LogP) is 6.62. The van der Waals surface area contributed by atoms with Crippen LogP contribution in [0.1, 0.15) is 16.7 Å². The van der Waals surface area contributed by atoms with E-state index in [1.807, 2.05) is 12.1 Å². The smallest absolute Gasteiger partial charge is 0.271 e. The van der Waals surface area contributed by atoms with Gasteiger partial charge in [-0.25, -0.2) is 0 Å². The van der Waals surface area contributed by atoms with Gasteiger partial charge in [-0.15, -0.1) is 0 Å². The fourth-order valence-corrected chi connectivity index (χ4v) is 4.14. The van der Waals surface area contributed by atoms with Gasteiger partial charge >= 0.3 is 0 Å². The van der Waals surface area contributed by atoms with Crippen molar-refractivity contribution in [2.75, 3.05) is 5.32 Å². The van der Waals surface area contributed by atoms with Gasteiger partial charge in [-0.05, 0) is 68.1 Å². The van der Waals surface area contributed by atoms with Crippen molar-refractivity contribution in [1.82, 2.24) is 0 Å². The molecule has 0 spiro atoms. The second-order valence-corrected chi connectivity index (χ2v) is 8.03. The minimum absolute atomic E-state index is 0.0622. The van der Waals surface area contributed by atoms with Crippen LogP contribution in [-0.2, 0) is 13.2 Å². The third-order valence-corrected chi connectivity index (χ3v) is 5.29. The lowest BCUT2D eigenvalue weighted by Crippen LogP contribution is -2.02. The maximum absolute atomic E-state index is 10.9. The SMILES string of the molecule is Cc1ccc(COc2c(Br)cc(CNc3cccc([N+](=O)[O-])c3)cc2Br)cc1. The highest BCUT2D eigenvalue weighted by molar-refractivity contribution is 9.11. The molecule has 0 aromatic heterocycles. The second kappa shape index (κ2) is 9.21. The minimum atomic E-state index is -0.404. The molecule has 0 aliphatic carbocycles. The van der Waals surface area contributed by atoms with Crippen LogP contribution in [0.3, 0.4) is 0 Å². The van der Waals surface area contributed by atoms with E-state index in [1.54, 1.807) is 12.1 Å². The van der Waals surface area contributed by atoms with Crippen molar-refractivity contribution in [3.05, 3.63) is 96.4 Å². The van der Waals surface area contributed by atoms with Crippen LogP contribution in [0.2, 0.25) is 0 Å². The number of nitro benzene ring substituents is 1. The van der Waals surface area contributed by atoms with Crippen LogP contribution in [0.25, 0.3) is 0 Å². The summed E-state index contributed by atoms with van der Waals surface area (Å²) >= 11 is 7.14. The molecule has 0 atom stereocenters. The molecular formula is C21H18Br2N2O3. The maximum Gasteiger partial charge on any atom is 0.271 e. The van der Waals surface area contributed by atoms with Gasteiger partial charge in [0, 0.05) is 24.4 Å². The molecule has 0 amide bonds. The summed E-state index contributed by atoms with van der Waals surface area (Å²) in [6.45, 7) is 3.05. The number of rotatable bonds is 7. The van der Waals surface area contributed by atoms with E-state index in [9.17, 15) is 10.1 Å². The number of hydrogen-bond donors (Lipinski definition) is 1. The molecule has 3 rings (SSSR count). The highest BCUT2D eigenvalue weighted by Crippen LogP contribution is 2.35. The van der Waals surface area contributed by atoms with Gasteiger partial charge in [-0.1, -0.05) is 35.9 Å². The predicted molar refractivity (Wildman–Crippen MR) is 118 cm³/mol. The molecule has 0 heterocycles. The molecule has 0 aliphatic heterocycles. The van der Waals surface area contributed by atoms with Gasteiger partial charge in [0.2, 0.25) is 0 Å². The standard InChI is InChI=1S/C21H18Br2N2O3/c1-14-5-7-15(8-6-14)13-28-21-19(22)9-16(10-20(21)23)12-24-17-3-2-4-18(11-17)25(26)27/h2-11,24H,12-13H2,1H3. The summed E-state index contributed by atoms with van der Waals surface area (Å²) in [6.07, 6.45) is 0. The molecular weight excluding hydrogens is 488 g/mol.